The van der Waals surface area contributed by atoms with Crippen LogP contribution in [-0.4, -0.2) is 24.4 Å². The number of ether oxygens (including phenoxy) is 1. The molecule has 16 heavy (non-hydrogen) atoms. The summed E-state index contributed by atoms with van der Waals surface area (Å²) in [4.78, 5) is 0. The Morgan fingerprint density at radius 3 is 2.69 bits per heavy atom. The van der Waals surface area contributed by atoms with Crippen molar-refractivity contribution in [3.63, 3.8) is 0 Å². The van der Waals surface area contributed by atoms with Crippen molar-refractivity contribution in [1.29, 1.82) is 0 Å². The van der Waals surface area contributed by atoms with Gasteiger partial charge in [0.2, 0.25) is 0 Å². The highest BCUT2D eigenvalue weighted by atomic mass is 19.1. The number of nitrogens with one attached hydrogen (secondary N) is 1. The SMILES string of the molecule is COCC(C)(C)NCc1ccc(O)c(F)c1. The molecule has 0 saturated heterocycles. The summed E-state index contributed by atoms with van der Waals surface area (Å²) in [6.07, 6.45) is 0. The minimum atomic E-state index is -0.594. The molecule has 1 aromatic carbocycles. The normalized spacial score (nSPS) is 11.8. The number of phenols is 1. The second-order valence-corrected chi connectivity index (χ2v) is 4.46. The smallest absolute Gasteiger partial charge is 0.165 e. The molecule has 0 atom stereocenters. The summed E-state index contributed by atoms with van der Waals surface area (Å²) in [5.74, 6) is -0.913. The predicted molar refractivity (Wildman–Crippen MR) is 60.9 cm³/mol. The van der Waals surface area contributed by atoms with Gasteiger partial charge in [-0.25, -0.2) is 4.39 Å². The van der Waals surface area contributed by atoms with Crippen LogP contribution in [0.4, 0.5) is 4.39 Å². The molecule has 0 spiro atoms. The number of benzene rings is 1. The van der Waals surface area contributed by atoms with Crippen molar-refractivity contribution in [3.8, 4) is 5.75 Å². The van der Waals surface area contributed by atoms with Gasteiger partial charge >= 0.3 is 0 Å². The van der Waals surface area contributed by atoms with Gasteiger partial charge in [0.1, 0.15) is 0 Å². The Hall–Kier alpha value is -1.13. The molecule has 0 amide bonds. The van der Waals surface area contributed by atoms with E-state index < -0.39 is 5.82 Å². The van der Waals surface area contributed by atoms with Crippen LogP contribution >= 0.6 is 0 Å². The van der Waals surface area contributed by atoms with E-state index in [0.717, 1.165) is 5.56 Å². The molecule has 0 aliphatic heterocycles. The molecule has 3 nitrogen and oxygen atoms in total. The van der Waals surface area contributed by atoms with Crippen molar-refractivity contribution in [2.75, 3.05) is 13.7 Å². The van der Waals surface area contributed by atoms with Gasteiger partial charge < -0.3 is 15.2 Å². The lowest BCUT2D eigenvalue weighted by molar-refractivity contribution is 0.127. The lowest BCUT2D eigenvalue weighted by atomic mass is 10.1. The highest BCUT2D eigenvalue weighted by molar-refractivity contribution is 5.27. The summed E-state index contributed by atoms with van der Waals surface area (Å²) in [5.41, 5.74) is 0.628. The lowest BCUT2D eigenvalue weighted by Gasteiger charge is -2.25. The molecule has 0 radical (unpaired) electrons. The van der Waals surface area contributed by atoms with Gasteiger partial charge in [0, 0.05) is 19.2 Å². The second kappa shape index (κ2) is 5.27. The Morgan fingerprint density at radius 2 is 2.12 bits per heavy atom. The van der Waals surface area contributed by atoms with Gasteiger partial charge in [-0.2, -0.15) is 0 Å². The summed E-state index contributed by atoms with van der Waals surface area (Å²) in [5, 5.41) is 12.3. The quantitative estimate of drug-likeness (QED) is 0.809. The van der Waals surface area contributed by atoms with Crippen LogP contribution in [-0.2, 0) is 11.3 Å². The third-order valence-corrected chi connectivity index (χ3v) is 2.29. The van der Waals surface area contributed by atoms with Gasteiger partial charge in [0.15, 0.2) is 11.6 Å². The molecule has 0 aliphatic carbocycles. The summed E-state index contributed by atoms with van der Waals surface area (Å²) in [6, 6.07) is 4.37. The maximum Gasteiger partial charge on any atom is 0.165 e. The number of hydrogen-bond acceptors (Lipinski definition) is 3. The van der Waals surface area contributed by atoms with Crippen LogP contribution in [0.25, 0.3) is 0 Å². The fourth-order valence-corrected chi connectivity index (χ4v) is 1.41. The number of hydrogen-bond donors (Lipinski definition) is 2. The van der Waals surface area contributed by atoms with Crippen LogP contribution < -0.4 is 5.32 Å². The molecule has 90 valence electrons. The van der Waals surface area contributed by atoms with Gasteiger partial charge in [-0.05, 0) is 31.5 Å². The Kier molecular flexibility index (Phi) is 4.26. The van der Waals surface area contributed by atoms with Gasteiger partial charge in [0.25, 0.3) is 0 Å². The number of phenolic OH excluding ortho intramolecular Hbond substituents is 1. The summed E-state index contributed by atoms with van der Waals surface area (Å²) < 4.78 is 18.1. The van der Waals surface area contributed by atoms with Crippen molar-refractivity contribution in [1.82, 2.24) is 5.32 Å². The third-order valence-electron chi connectivity index (χ3n) is 2.29. The van der Waals surface area contributed by atoms with Gasteiger partial charge in [-0.1, -0.05) is 6.07 Å². The topological polar surface area (TPSA) is 41.5 Å². The fraction of sp³-hybridized carbons (Fsp3) is 0.500. The second-order valence-electron chi connectivity index (χ2n) is 4.46. The molecule has 0 saturated carbocycles. The molecule has 0 bridgehead atoms. The minimum absolute atomic E-state index is 0.164. The maximum atomic E-state index is 13.0. The van der Waals surface area contributed by atoms with Crippen LogP contribution in [0.1, 0.15) is 19.4 Å². The van der Waals surface area contributed by atoms with Crippen LogP contribution in [0.5, 0.6) is 5.75 Å². The Labute approximate surface area is 95.2 Å². The molecule has 0 unspecified atom stereocenters. The molecular formula is C12H18FNO2. The monoisotopic (exact) mass is 227 g/mol. The van der Waals surface area contributed by atoms with E-state index in [1.807, 2.05) is 13.8 Å². The van der Waals surface area contributed by atoms with Crippen molar-refractivity contribution < 1.29 is 14.2 Å². The highest BCUT2D eigenvalue weighted by Crippen LogP contribution is 2.16. The number of rotatable bonds is 5. The molecule has 0 fully saturated rings. The average molecular weight is 227 g/mol. The van der Waals surface area contributed by atoms with Crippen molar-refractivity contribution in [2.24, 2.45) is 0 Å². The number of methoxy groups -OCH3 is 1. The third kappa shape index (κ3) is 3.79. The zero-order valence-electron chi connectivity index (χ0n) is 9.88. The molecule has 0 heterocycles. The first-order chi connectivity index (χ1) is 7.44. The van der Waals surface area contributed by atoms with E-state index >= 15 is 0 Å². The van der Waals surface area contributed by atoms with Crippen LogP contribution in [0.2, 0.25) is 0 Å². The van der Waals surface area contributed by atoms with E-state index in [4.69, 9.17) is 9.84 Å². The Bertz CT molecular complexity index is 353. The predicted octanol–water partition coefficient (Wildman–Crippen LogP) is 2.05. The summed E-state index contributed by atoms with van der Waals surface area (Å²) in [6.45, 7) is 5.13. The van der Waals surface area contributed by atoms with E-state index in [2.05, 4.69) is 5.32 Å². The first kappa shape index (κ1) is 12.9. The van der Waals surface area contributed by atoms with Crippen LogP contribution in [0, 0.1) is 5.82 Å². The molecule has 1 aromatic rings. The first-order valence-electron chi connectivity index (χ1n) is 5.16. The zero-order valence-corrected chi connectivity index (χ0v) is 9.88. The summed E-state index contributed by atoms with van der Waals surface area (Å²) >= 11 is 0. The summed E-state index contributed by atoms with van der Waals surface area (Å²) in [7, 11) is 1.64. The van der Waals surface area contributed by atoms with E-state index in [1.54, 1.807) is 13.2 Å². The van der Waals surface area contributed by atoms with E-state index in [-0.39, 0.29) is 11.3 Å². The highest BCUT2D eigenvalue weighted by Gasteiger charge is 2.16. The molecule has 0 aliphatic rings. The number of halogens is 1. The molecule has 4 heteroatoms. The molecule has 2 N–H and O–H groups in total. The molecular weight excluding hydrogens is 209 g/mol. The minimum Gasteiger partial charge on any atom is -0.505 e. The lowest BCUT2D eigenvalue weighted by Crippen LogP contribution is -2.42. The number of aromatic hydroxyl groups is 1. The van der Waals surface area contributed by atoms with Crippen molar-refractivity contribution in [3.05, 3.63) is 29.6 Å². The van der Waals surface area contributed by atoms with E-state index in [9.17, 15) is 4.39 Å². The van der Waals surface area contributed by atoms with E-state index in [1.165, 1.54) is 12.1 Å². The van der Waals surface area contributed by atoms with Crippen LogP contribution in [0.3, 0.4) is 0 Å². The maximum absolute atomic E-state index is 13.0. The van der Waals surface area contributed by atoms with Crippen molar-refractivity contribution >= 4 is 0 Å². The first-order valence-corrected chi connectivity index (χ1v) is 5.16. The Morgan fingerprint density at radius 1 is 1.44 bits per heavy atom. The standard InChI is InChI=1S/C12H18FNO2/c1-12(2,8-16-3)14-7-9-4-5-11(15)10(13)6-9/h4-6,14-15H,7-8H2,1-3H3. The van der Waals surface area contributed by atoms with E-state index in [0.29, 0.717) is 13.2 Å². The average Bonchev–Trinajstić information content (AvgIpc) is 2.20. The molecule has 0 aromatic heterocycles. The zero-order chi connectivity index (χ0) is 12.2. The largest absolute Gasteiger partial charge is 0.505 e. The van der Waals surface area contributed by atoms with Crippen LogP contribution in [0.15, 0.2) is 18.2 Å². The Balaban J connectivity index is 2.57. The van der Waals surface area contributed by atoms with Gasteiger partial charge in [-0.15, -0.1) is 0 Å². The molecule has 1 rings (SSSR count). The fourth-order valence-electron chi connectivity index (χ4n) is 1.41. The van der Waals surface area contributed by atoms with Gasteiger partial charge in [-0.3, -0.25) is 0 Å². The van der Waals surface area contributed by atoms with Gasteiger partial charge in [0.05, 0.1) is 6.61 Å². The van der Waals surface area contributed by atoms with Crippen molar-refractivity contribution in [2.45, 2.75) is 25.9 Å².